The van der Waals surface area contributed by atoms with Crippen LogP contribution >= 0.6 is 27.7 Å². The molecule has 0 aliphatic heterocycles. The van der Waals surface area contributed by atoms with Gasteiger partial charge in [0.1, 0.15) is 5.03 Å². The van der Waals surface area contributed by atoms with Crippen molar-refractivity contribution in [2.75, 3.05) is 13.2 Å². The van der Waals surface area contributed by atoms with Crippen molar-refractivity contribution < 1.29 is 5.11 Å². The van der Waals surface area contributed by atoms with E-state index in [-0.39, 0.29) is 12.1 Å². The van der Waals surface area contributed by atoms with E-state index in [1.807, 2.05) is 12.1 Å². The van der Waals surface area contributed by atoms with Crippen LogP contribution in [0.4, 0.5) is 0 Å². The molecule has 102 valence electrons. The van der Waals surface area contributed by atoms with Gasteiger partial charge in [0.05, 0.1) is 6.61 Å². The maximum absolute atomic E-state index is 9.49. The van der Waals surface area contributed by atoms with Crippen molar-refractivity contribution in [3.05, 3.63) is 22.8 Å². The van der Waals surface area contributed by atoms with Gasteiger partial charge in [0.25, 0.3) is 0 Å². The normalized spacial score (nSPS) is 16.3. The quantitative estimate of drug-likeness (QED) is 0.753. The van der Waals surface area contributed by atoms with Gasteiger partial charge in [-0.2, -0.15) is 0 Å². The van der Waals surface area contributed by atoms with Crippen molar-refractivity contribution in [3.8, 4) is 0 Å². The standard InChI is InChI=1S/C13H21BrN2OS/c1-4-16-13(3,9-17)8-10(2)18-12-11(14)6-5-7-15-12/h5-7,10,16-17H,4,8-9H2,1-3H3. The molecule has 18 heavy (non-hydrogen) atoms. The van der Waals surface area contributed by atoms with Crippen molar-refractivity contribution in [1.29, 1.82) is 0 Å². The van der Waals surface area contributed by atoms with Gasteiger partial charge in [-0.3, -0.25) is 0 Å². The van der Waals surface area contributed by atoms with Gasteiger partial charge in [-0.05, 0) is 48.0 Å². The molecule has 2 N–H and O–H groups in total. The summed E-state index contributed by atoms with van der Waals surface area (Å²) in [6.07, 6.45) is 2.69. The lowest BCUT2D eigenvalue weighted by atomic mass is 9.97. The van der Waals surface area contributed by atoms with Gasteiger partial charge in [0.15, 0.2) is 0 Å². The average molecular weight is 333 g/mol. The Hall–Kier alpha value is -0.100. The molecule has 1 aromatic rings. The zero-order valence-electron chi connectivity index (χ0n) is 11.1. The Labute approximate surface area is 122 Å². The van der Waals surface area contributed by atoms with Crippen LogP contribution in [-0.4, -0.2) is 34.0 Å². The maximum atomic E-state index is 9.49. The molecule has 0 bridgehead atoms. The van der Waals surface area contributed by atoms with E-state index >= 15 is 0 Å². The summed E-state index contributed by atoms with van der Waals surface area (Å²) in [7, 11) is 0. The molecule has 0 saturated heterocycles. The van der Waals surface area contributed by atoms with Crippen molar-refractivity contribution in [2.45, 2.75) is 43.0 Å². The highest BCUT2D eigenvalue weighted by atomic mass is 79.9. The molecule has 1 aromatic heterocycles. The first kappa shape index (κ1) is 16.0. The van der Waals surface area contributed by atoms with Crippen LogP contribution in [-0.2, 0) is 0 Å². The number of thioether (sulfide) groups is 1. The zero-order chi connectivity index (χ0) is 13.6. The van der Waals surface area contributed by atoms with E-state index in [0.29, 0.717) is 5.25 Å². The molecule has 1 heterocycles. The SMILES string of the molecule is CCNC(C)(CO)CC(C)Sc1ncccc1Br. The largest absolute Gasteiger partial charge is 0.394 e. The first-order valence-electron chi connectivity index (χ1n) is 6.14. The summed E-state index contributed by atoms with van der Waals surface area (Å²) in [5, 5.41) is 14.2. The monoisotopic (exact) mass is 332 g/mol. The number of aliphatic hydroxyl groups excluding tert-OH is 1. The molecule has 0 spiro atoms. The second-order valence-corrected chi connectivity index (χ2v) is 6.95. The molecule has 0 amide bonds. The Kier molecular flexibility index (Phi) is 6.63. The highest BCUT2D eigenvalue weighted by Gasteiger charge is 2.25. The molecule has 0 fully saturated rings. The minimum atomic E-state index is -0.220. The van der Waals surface area contributed by atoms with Crippen molar-refractivity contribution >= 4 is 27.7 Å². The topological polar surface area (TPSA) is 45.1 Å². The van der Waals surface area contributed by atoms with Crippen LogP contribution in [0.25, 0.3) is 0 Å². The number of aliphatic hydroxyl groups is 1. The number of nitrogens with one attached hydrogen (secondary N) is 1. The van der Waals surface area contributed by atoms with E-state index in [0.717, 1.165) is 22.5 Å². The van der Waals surface area contributed by atoms with Gasteiger partial charge in [-0.1, -0.05) is 13.8 Å². The number of halogens is 1. The van der Waals surface area contributed by atoms with Crippen molar-refractivity contribution in [3.63, 3.8) is 0 Å². The van der Waals surface area contributed by atoms with Gasteiger partial charge < -0.3 is 10.4 Å². The van der Waals surface area contributed by atoms with Crippen molar-refractivity contribution in [2.24, 2.45) is 0 Å². The second-order valence-electron chi connectivity index (χ2n) is 4.67. The van der Waals surface area contributed by atoms with E-state index in [4.69, 9.17) is 0 Å². The van der Waals surface area contributed by atoms with E-state index in [1.165, 1.54) is 0 Å². The van der Waals surface area contributed by atoms with Gasteiger partial charge >= 0.3 is 0 Å². The number of likely N-dealkylation sites (N-methyl/N-ethyl adjacent to an activating group) is 1. The summed E-state index contributed by atoms with van der Waals surface area (Å²) >= 11 is 5.23. The highest BCUT2D eigenvalue weighted by Crippen LogP contribution is 2.31. The fourth-order valence-corrected chi connectivity index (χ4v) is 3.61. The van der Waals surface area contributed by atoms with E-state index < -0.39 is 0 Å². The summed E-state index contributed by atoms with van der Waals surface area (Å²) in [5.74, 6) is 0. The van der Waals surface area contributed by atoms with Crippen LogP contribution in [0, 0.1) is 0 Å². The molecule has 2 atom stereocenters. The number of pyridine rings is 1. The predicted molar refractivity (Wildman–Crippen MR) is 81.0 cm³/mol. The number of nitrogens with zero attached hydrogens (tertiary/aromatic N) is 1. The minimum Gasteiger partial charge on any atom is -0.394 e. The summed E-state index contributed by atoms with van der Waals surface area (Å²) in [6, 6.07) is 3.91. The smallest absolute Gasteiger partial charge is 0.110 e. The fourth-order valence-electron chi connectivity index (χ4n) is 1.94. The van der Waals surface area contributed by atoms with E-state index in [1.54, 1.807) is 18.0 Å². The molecule has 3 nitrogen and oxygen atoms in total. The molecule has 0 saturated carbocycles. The van der Waals surface area contributed by atoms with Gasteiger partial charge in [-0.15, -0.1) is 11.8 Å². The molecule has 1 rings (SSSR count). The summed E-state index contributed by atoms with van der Waals surface area (Å²) in [4.78, 5) is 4.35. The van der Waals surface area contributed by atoms with Gasteiger partial charge in [0, 0.05) is 21.5 Å². The van der Waals surface area contributed by atoms with Gasteiger partial charge in [0.2, 0.25) is 0 Å². The molecular formula is C13H21BrN2OS. The Morgan fingerprint density at radius 3 is 2.89 bits per heavy atom. The van der Waals surface area contributed by atoms with Crippen LogP contribution in [0.1, 0.15) is 27.2 Å². The number of hydrogen-bond acceptors (Lipinski definition) is 4. The predicted octanol–water partition coefficient (Wildman–Crippen LogP) is 3.08. The Morgan fingerprint density at radius 1 is 1.61 bits per heavy atom. The van der Waals surface area contributed by atoms with Gasteiger partial charge in [-0.25, -0.2) is 4.98 Å². The minimum absolute atomic E-state index is 0.148. The molecule has 5 heteroatoms. The van der Waals surface area contributed by atoms with Crippen LogP contribution < -0.4 is 5.32 Å². The Morgan fingerprint density at radius 2 is 2.33 bits per heavy atom. The average Bonchev–Trinajstić information content (AvgIpc) is 2.32. The number of rotatable bonds is 7. The third kappa shape index (κ3) is 4.88. The van der Waals surface area contributed by atoms with Crippen LogP contribution in [0.15, 0.2) is 27.8 Å². The molecule has 2 unspecified atom stereocenters. The second kappa shape index (κ2) is 7.48. The van der Waals surface area contributed by atoms with Crippen LogP contribution in [0.3, 0.4) is 0 Å². The summed E-state index contributed by atoms with van der Waals surface area (Å²) in [5.41, 5.74) is -0.220. The lowest BCUT2D eigenvalue weighted by Crippen LogP contribution is -2.47. The fraction of sp³-hybridized carbons (Fsp3) is 0.615. The first-order valence-corrected chi connectivity index (χ1v) is 7.81. The third-order valence-corrected chi connectivity index (χ3v) is 4.75. The van der Waals surface area contributed by atoms with E-state index in [9.17, 15) is 5.11 Å². The lowest BCUT2D eigenvalue weighted by molar-refractivity contribution is 0.168. The van der Waals surface area contributed by atoms with Crippen LogP contribution in [0.2, 0.25) is 0 Å². The highest BCUT2D eigenvalue weighted by molar-refractivity contribution is 9.10. The molecule has 0 aliphatic rings. The number of hydrogen-bond donors (Lipinski definition) is 2. The Bertz CT molecular complexity index is 378. The third-order valence-electron chi connectivity index (χ3n) is 2.73. The molecule has 0 aromatic carbocycles. The molecular weight excluding hydrogens is 312 g/mol. The van der Waals surface area contributed by atoms with Crippen LogP contribution in [0.5, 0.6) is 0 Å². The zero-order valence-corrected chi connectivity index (χ0v) is 13.5. The number of aromatic nitrogens is 1. The summed E-state index contributed by atoms with van der Waals surface area (Å²) in [6.45, 7) is 7.29. The maximum Gasteiger partial charge on any atom is 0.110 e. The summed E-state index contributed by atoms with van der Waals surface area (Å²) < 4.78 is 1.02. The lowest BCUT2D eigenvalue weighted by Gasteiger charge is -2.31. The first-order chi connectivity index (χ1) is 8.50. The molecule has 0 aliphatic carbocycles. The Balaban J connectivity index is 2.61. The van der Waals surface area contributed by atoms with E-state index in [2.05, 4.69) is 47.0 Å². The van der Waals surface area contributed by atoms with Crippen molar-refractivity contribution in [1.82, 2.24) is 10.3 Å². The molecule has 0 radical (unpaired) electrons.